The number of nitrogens with zero attached hydrogens (tertiary/aromatic N) is 2. The second-order valence-electron chi connectivity index (χ2n) is 4.40. The van der Waals surface area contributed by atoms with Crippen molar-refractivity contribution in [2.75, 3.05) is 25.0 Å². The fourth-order valence-electron chi connectivity index (χ4n) is 1.92. The summed E-state index contributed by atoms with van der Waals surface area (Å²) in [6.45, 7) is 0.255. The van der Waals surface area contributed by atoms with Gasteiger partial charge in [-0.1, -0.05) is 0 Å². The van der Waals surface area contributed by atoms with Crippen molar-refractivity contribution >= 4 is 11.7 Å². The number of benzene rings is 1. The second kappa shape index (κ2) is 4.83. The lowest BCUT2D eigenvalue weighted by atomic mass is 10.3. The van der Waals surface area contributed by atoms with Crippen molar-refractivity contribution in [1.29, 1.82) is 0 Å². The number of hydrogen-bond donors (Lipinski definition) is 3. The summed E-state index contributed by atoms with van der Waals surface area (Å²) in [6, 6.07) is 5.93. The maximum absolute atomic E-state index is 12.1. The number of rotatable bonds is 1. The number of urea groups is 1. The average molecular weight is 252 g/mol. The molecule has 2 atom stereocenters. The first kappa shape index (κ1) is 12.7. The molecule has 0 bridgehead atoms. The van der Waals surface area contributed by atoms with Gasteiger partial charge in [0.25, 0.3) is 0 Å². The number of aliphatic hydroxyl groups is 2. The minimum atomic E-state index is -0.887. The first-order chi connectivity index (χ1) is 8.49. The number of carbonyl (C=O) groups is 1. The lowest BCUT2D eigenvalue weighted by molar-refractivity contribution is 0.0572. The van der Waals surface area contributed by atoms with Crippen molar-refractivity contribution in [2.45, 2.75) is 12.2 Å². The highest BCUT2D eigenvalue weighted by Gasteiger charge is 2.34. The number of hydrogen-bond acceptors (Lipinski definition) is 4. The largest absolute Gasteiger partial charge is 0.508 e. The zero-order valence-corrected chi connectivity index (χ0v) is 10.0. The Balaban J connectivity index is 2.07. The van der Waals surface area contributed by atoms with Crippen LogP contribution in [0.1, 0.15) is 0 Å². The van der Waals surface area contributed by atoms with E-state index in [4.69, 9.17) is 0 Å². The second-order valence-corrected chi connectivity index (χ2v) is 4.40. The number of aromatic hydroxyl groups is 1. The van der Waals surface area contributed by atoms with Gasteiger partial charge in [-0.05, 0) is 24.3 Å². The van der Waals surface area contributed by atoms with Gasteiger partial charge in [-0.25, -0.2) is 4.79 Å². The molecule has 0 saturated carbocycles. The number of likely N-dealkylation sites (tertiary alicyclic amines) is 1. The summed E-state index contributed by atoms with van der Waals surface area (Å²) in [6.07, 6.45) is -1.77. The molecule has 1 heterocycles. The van der Waals surface area contributed by atoms with Gasteiger partial charge in [0.2, 0.25) is 0 Å². The predicted molar refractivity (Wildman–Crippen MR) is 65.5 cm³/mol. The van der Waals surface area contributed by atoms with Crippen LogP contribution in [0.15, 0.2) is 24.3 Å². The maximum atomic E-state index is 12.1. The van der Waals surface area contributed by atoms with Crippen molar-refractivity contribution < 1.29 is 20.1 Å². The van der Waals surface area contributed by atoms with Crippen molar-refractivity contribution in [3.05, 3.63) is 24.3 Å². The Hall–Kier alpha value is -1.79. The number of amides is 2. The van der Waals surface area contributed by atoms with Crippen LogP contribution in [0.25, 0.3) is 0 Å². The van der Waals surface area contributed by atoms with E-state index in [1.807, 2.05) is 0 Å². The van der Waals surface area contributed by atoms with E-state index in [9.17, 15) is 20.1 Å². The molecule has 0 spiro atoms. The normalized spacial score (nSPS) is 23.2. The maximum Gasteiger partial charge on any atom is 0.324 e. The molecular formula is C12H16N2O4. The molecule has 1 aliphatic heterocycles. The Morgan fingerprint density at radius 1 is 1.22 bits per heavy atom. The molecule has 0 unspecified atom stereocenters. The quantitative estimate of drug-likeness (QED) is 0.656. The van der Waals surface area contributed by atoms with E-state index >= 15 is 0 Å². The molecule has 1 fully saturated rings. The molecule has 98 valence electrons. The van der Waals surface area contributed by atoms with Crippen LogP contribution in [0.4, 0.5) is 10.5 Å². The molecule has 2 amide bonds. The number of carbonyl (C=O) groups excluding carboxylic acids is 1. The van der Waals surface area contributed by atoms with Gasteiger partial charge < -0.3 is 20.2 Å². The fraction of sp³-hybridized carbons (Fsp3) is 0.417. The van der Waals surface area contributed by atoms with Crippen LogP contribution in [-0.2, 0) is 0 Å². The number of aliphatic hydroxyl groups excluding tert-OH is 2. The molecule has 1 aromatic rings. The van der Waals surface area contributed by atoms with Gasteiger partial charge in [0, 0.05) is 12.7 Å². The zero-order valence-electron chi connectivity index (χ0n) is 10.0. The third-order valence-electron chi connectivity index (χ3n) is 3.05. The Morgan fingerprint density at radius 3 is 2.22 bits per heavy atom. The Morgan fingerprint density at radius 2 is 1.72 bits per heavy atom. The molecule has 0 aliphatic carbocycles. The molecular weight excluding hydrogens is 236 g/mol. The molecule has 2 rings (SSSR count). The van der Waals surface area contributed by atoms with Gasteiger partial charge in [0.05, 0.1) is 25.3 Å². The summed E-state index contributed by atoms with van der Waals surface area (Å²) in [4.78, 5) is 14.9. The van der Waals surface area contributed by atoms with Crippen molar-refractivity contribution in [1.82, 2.24) is 4.90 Å². The molecule has 1 aliphatic rings. The van der Waals surface area contributed by atoms with Crippen LogP contribution in [0, 0.1) is 0 Å². The zero-order chi connectivity index (χ0) is 13.3. The van der Waals surface area contributed by atoms with Gasteiger partial charge in [-0.2, -0.15) is 0 Å². The predicted octanol–water partition coefficient (Wildman–Crippen LogP) is -0.0142. The number of phenols is 1. The molecule has 0 radical (unpaired) electrons. The standard InChI is InChI=1S/C12H16N2O4/c1-13(8-2-4-9(15)5-3-8)12(18)14-6-10(16)11(17)7-14/h2-5,10-11,15-17H,6-7H2,1H3/t10-,11-/m1/s1. The lowest BCUT2D eigenvalue weighted by Crippen LogP contribution is -2.40. The van der Waals surface area contributed by atoms with Crippen LogP contribution in [0.5, 0.6) is 5.75 Å². The Labute approximate surface area is 105 Å². The third-order valence-corrected chi connectivity index (χ3v) is 3.05. The topological polar surface area (TPSA) is 84.2 Å². The molecule has 6 nitrogen and oxygen atoms in total. The number of β-amino-alcohol motifs (C(OH)–C–C–N with tert-alkyl or cyclic N) is 2. The minimum absolute atomic E-state index is 0.127. The van der Waals surface area contributed by atoms with Gasteiger partial charge in [-0.3, -0.25) is 4.90 Å². The fourth-order valence-corrected chi connectivity index (χ4v) is 1.92. The lowest BCUT2D eigenvalue weighted by Gasteiger charge is -2.24. The van der Waals surface area contributed by atoms with E-state index in [1.54, 1.807) is 19.2 Å². The Kier molecular flexibility index (Phi) is 3.40. The summed E-state index contributed by atoms with van der Waals surface area (Å²) in [5, 5.41) is 28.0. The van der Waals surface area contributed by atoms with Gasteiger partial charge >= 0.3 is 6.03 Å². The highest BCUT2D eigenvalue weighted by atomic mass is 16.3. The van der Waals surface area contributed by atoms with E-state index in [-0.39, 0.29) is 24.9 Å². The van der Waals surface area contributed by atoms with E-state index < -0.39 is 12.2 Å². The molecule has 0 aromatic heterocycles. The number of anilines is 1. The molecule has 6 heteroatoms. The van der Waals surface area contributed by atoms with Crippen LogP contribution < -0.4 is 4.90 Å². The van der Waals surface area contributed by atoms with E-state index in [2.05, 4.69) is 0 Å². The Bertz CT molecular complexity index is 424. The molecule has 3 N–H and O–H groups in total. The van der Waals surface area contributed by atoms with Gasteiger partial charge in [0.1, 0.15) is 5.75 Å². The molecule has 1 aromatic carbocycles. The van der Waals surface area contributed by atoms with Crippen molar-refractivity contribution in [2.24, 2.45) is 0 Å². The summed E-state index contributed by atoms with van der Waals surface area (Å²) < 4.78 is 0. The highest BCUT2D eigenvalue weighted by Crippen LogP contribution is 2.20. The van der Waals surface area contributed by atoms with E-state index in [0.717, 1.165) is 0 Å². The minimum Gasteiger partial charge on any atom is -0.508 e. The summed E-state index contributed by atoms with van der Waals surface area (Å²) >= 11 is 0. The van der Waals surface area contributed by atoms with Crippen molar-refractivity contribution in [3.63, 3.8) is 0 Å². The molecule has 18 heavy (non-hydrogen) atoms. The first-order valence-corrected chi connectivity index (χ1v) is 5.67. The summed E-state index contributed by atoms with van der Waals surface area (Å²) in [5.74, 6) is 0.131. The number of phenolic OH excluding ortho intramolecular Hbond substituents is 1. The summed E-state index contributed by atoms with van der Waals surface area (Å²) in [7, 11) is 1.60. The van der Waals surface area contributed by atoms with Crippen molar-refractivity contribution in [3.8, 4) is 5.75 Å². The average Bonchev–Trinajstić information content (AvgIpc) is 2.69. The molecule has 1 saturated heterocycles. The summed E-state index contributed by atoms with van der Waals surface area (Å²) in [5.41, 5.74) is 0.633. The van der Waals surface area contributed by atoms with Gasteiger partial charge in [-0.15, -0.1) is 0 Å². The van der Waals surface area contributed by atoms with E-state index in [0.29, 0.717) is 5.69 Å². The third kappa shape index (κ3) is 2.39. The van der Waals surface area contributed by atoms with Crippen LogP contribution in [-0.4, -0.2) is 58.6 Å². The SMILES string of the molecule is CN(C(=O)N1C[C@@H](O)[C@H](O)C1)c1ccc(O)cc1. The highest BCUT2D eigenvalue weighted by molar-refractivity contribution is 5.91. The van der Waals surface area contributed by atoms with Crippen LogP contribution in [0.2, 0.25) is 0 Å². The smallest absolute Gasteiger partial charge is 0.324 e. The van der Waals surface area contributed by atoms with E-state index in [1.165, 1.54) is 21.9 Å². The van der Waals surface area contributed by atoms with Crippen LogP contribution in [0.3, 0.4) is 0 Å². The van der Waals surface area contributed by atoms with Gasteiger partial charge in [0.15, 0.2) is 0 Å². The first-order valence-electron chi connectivity index (χ1n) is 5.67. The monoisotopic (exact) mass is 252 g/mol. The van der Waals surface area contributed by atoms with Crippen LogP contribution >= 0.6 is 0 Å².